The molecular formula is C26H23F2N3O. The molecule has 1 unspecified atom stereocenters. The van der Waals surface area contributed by atoms with Crippen molar-refractivity contribution in [3.63, 3.8) is 0 Å². The molecule has 4 rings (SSSR count). The van der Waals surface area contributed by atoms with Gasteiger partial charge in [0.15, 0.2) is 0 Å². The molecule has 162 valence electrons. The molecule has 4 aromatic rings. The molecule has 0 spiro atoms. The fourth-order valence-corrected chi connectivity index (χ4v) is 3.79. The number of nitrogens with zero attached hydrogens (tertiary/aromatic N) is 2. The zero-order valence-electron chi connectivity index (χ0n) is 17.6. The first-order chi connectivity index (χ1) is 15.5. The number of benzene rings is 3. The van der Waals surface area contributed by atoms with Crippen LogP contribution in [0.25, 0.3) is 11.1 Å². The molecular weight excluding hydrogens is 408 g/mol. The second-order valence-corrected chi connectivity index (χ2v) is 7.70. The van der Waals surface area contributed by atoms with Crippen LogP contribution in [0.3, 0.4) is 0 Å². The minimum Gasteiger partial charge on any atom is -0.322 e. The standard InChI is InChI=1S/C26H23F2N3O/c1-17-24(15-19-11-5-7-13-21(19)27)30-31(16-23(29)18-9-3-2-4-10-18)26(32)25(17)20-12-6-8-14-22(20)28/h2-14,23H,15-16,29H2,1H3. The maximum Gasteiger partial charge on any atom is 0.275 e. The van der Waals surface area contributed by atoms with Crippen molar-refractivity contribution in [1.29, 1.82) is 0 Å². The summed E-state index contributed by atoms with van der Waals surface area (Å²) in [5.41, 5.74) is 8.62. The highest BCUT2D eigenvalue weighted by molar-refractivity contribution is 5.67. The van der Waals surface area contributed by atoms with Gasteiger partial charge in [-0.1, -0.05) is 66.7 Å². The van der Waals surface area contributed by atoms with Crippen molar-refractivity contribution in [1.82, 2.24) is 9.78 Å². The minimum atomic E-state index is -0.505. The Balaban J connectivity index is 1.85. The van der Waals surface area contributed by atoms with E-state index in [1.807, 2.05) is 30.3 Å². The van der Waals surface area contributed by atoms with E-state index in [0.717, 1.165) is 5.56 Å². The third kappa shape index (κ3) is 4.36. The largest absolute Gasteiger partial charge is 0.322 e. The lowest BCUT2D eigenvalue weighted by atomic mass is 9.97. The monoisotopic (exact) mass is 431 g/mol. The van der Waals surface area contributed by atoms with Gasteiger partial charge in [-0.25, -0.2) is 13.5 Å². The molecule has 1 atom stereocenters. The van der Waals surface area contributed by atoms with Crippen molar-refractivity contribution in [2.45, 2.75) is 25.9 Å². The Morgan fingerprint density at radius 2 is 1.53 bits per heavy atom. The van der Waals surface area contributed by atoms with Crippen LogP contribution in [0.2, 0.25) is 0 Å². The summed E-state index contributed by atoms with van der Waals surface area (Å²) in [6, 6.07) is 21.4. The van der Waals surface area contributed by atoms with Crippen molar-refractivity contribution < 1.29 is 8.78 Å². The van der Waals surface area contributed by atoms with E-state index in [-0.39, 0.29) is 29.9 Å². The first kappa shape index (κ1) is 21.6. The molecule has 32 heavy (non-hydrogen) atoms. The Hall–Kier alpha value is -3.64. The van der Waals surface area contributed by atoms with Gasteiger partial charge in [-0.3, -0.25) is 4.79 Å². The second-order valence-electron chi connectivity index (χ2n) is 7.70. The summed E-state index contributed by atoms with van der Waals surface area (Å²) in [4.78, 5) is 13.4. The normalized spacial score (nSPS) is 12.0. The molecule has 0 aliphatic heterocycles. The summed E-state index contributed by atoms with van der Waals surface area (Å²) in [7, 11) is 0. The lowest BCUT2D eigenvalue weighted by molar-refractivity contribution is 0.496. The van der Waals surface area contributed by atoms with Gasteiger partial charge in [0, 0.05) is 18.0 Å². The summed E-state index contributed by atoms with van der Waals surface area (Å²) < 4.78 is 30.3. The van der Waals surface area contributed by atoms with Gasteiger partial charge in [0.25, 0.3) is 5.56 Å². The van der Waals surface area contributed by atoms with Crippen LogP contribution in [0.4, 0.5) is 8.78 Å². The van der Waals surface area contributed by atoms with Crippen LogP contribution in [0.1, 0.15) is 28.4 Å². The van der Waals surface area contributed by atoms with Gasteiger partial charge in [-0.15, -0.1) is 0 Å². The first-order valence-electron chi connectivity index (χ1n) is 10.3. The maximum absolute atomic E-state index is 14.7. The predicted molar refractivity (Wildman–Crippen MR) is 121 cm³/mol. The average Bonchev–Trinajstić information content (AvgIpc) is 2.80. The van der Waals surface area contributed by atoms with E-state index in [4.69, 9.17) is 5.73 Å². The van der Waals surface area contributed by atoms with Gasteiger partial charge >= 0.3 is 0 Å². The van der Waals surface area contributed by atoms with Gasteiger partial charge in [-0.2, -0.15) is 5.10 Å². The fraction of sp³-hybridized carbons (Fsp3) is 0.154. The van der Waals surface area contributed by atoms with Crippen molar-refractivity contribution in [2.75, 3.05) is 0 Å². The van der Waals surface area contributed by atoms with Crippen LogP contribution in [0.5, 0.6) is 0 Å². The summed E-state index contributed by atoms with van der Waals surface area (Å²) in [5, 5.41) is 4.52. The molecule has 4 nitrogen and oxygen atoms in total. The summed E-state index contributed by atoms with van der Waals surface area (Å²) in [5.74, 6) is -0.866. The lowest BCUT2D eigenvalue weighted by Gasteiger charge is -2.18. The zero-order valence-corrected chi connectivity index (χ0v) is 17.6. The van der Waals surface area contributed by atoms with E-state index in [0.29, 0.717) is 16.8 Å². The highest BCUT2D eigenvalue weighted by atomic mass is 19.1. The lowest BCUT2D eigenvalue weighted by Crippen LogP contribution is -2.32. The van der Waals surface area contributed by atoms with Crippen LogP contribution in [0, 0.1) is 18.6 Å². The molecule has 6 heteroatoms. The summed E-state index contributed by atoms with van der Waals surface area (Å²) in [6.45, 7) is 1.82. The number of hydrogen-bond donors (Lipinski definition) is 1. The third-order valence-corrected chi connectivity index (χ3v) is 5.55. The Kier molecular flexibility index (Phi) is 6.23. The van der Waals surface area contributed by atoms with Gasteiger partial charge in [0.2, 0.25) is 0 Å². The van der Waals surface area contributed by atoms with Crippen molar-refractivity contribution >= 4 is 0 Å². The van der Waals surface area contributed by atoms with Crippen LogP contribution in [-0.2, 0) is 13.0 Å². The van der Waals surface area contributed by atoms with Crippen LogP contribution in [-0.4, -0.2) is 9.78 Å². The Bertz CT molecular complexity index is 1300. The van der Waals surface area contributed by atoms with E-state index < -0.39 is 17.4 Å². The molecule has 1 aromatic heterocycles. The Labute approximate surface area is 185 Å². The molecule has 0 radical (unpaired) electrons. The number of nitrogens with two attached hydrogens (primary N) is 1. The van der Waals surface area contributed by atoms with Crippen molar-refractivity contribution in [2.24, 2.45) is 5.73 Å². The molecule has 3 aromatic carbocycles. The molecule has 0 fully saturated rings. The zero-order chi connectivity index (χ0) is 22.7. The fourth-order valence-electron chi connectivity index (χ4n) is 3.79. The highest BCUT2D eigenvalue weighted by Gasteiger charge is 2.20. The third-order valence-electron chi connectivity index (χ3n) is 5.55. The number of halogens is 2. The summed E-state index contributed by atoms with van der Waals surface area (Å²) in [6.07, 6.45) is 0.167. The van der Waals surface area contributed by atoms with Gasteiger partial charge in [0.1, 0.15) is 11.6 Å². The number of hydrogen-bond acceptors (Lipinski definition) is 3. The molecule has 0 aliphatic rings. The average molecular weight is 431 g/mol. The van der Waals surface area contributed by atoms with E-state index >= 15 is 0 Å². The van der Waals surface area contributed by atoms with Gasteiger partial charge in [0.05, 0.1) is 17.8 Å². The molecule has 2 N–H and O–H groups in total. The minimum absolute atomic E-state index is 0.106. The Morgan fingerprint density at radius 1 is 0.906 bits per heavy atom. The quantitative estimate of drug-likeness (QED) is 0.478. The molecule has 0 bridgehead atoms. The van der Waals surface area contributed by atoms with E-state index in [1.165, 1.54) is 16.8 Å². The SMILES string of the molecule is Cc1c(Cc2ccccc2F)nn(CC(N)c2ccccc2)c(=O)c1-c1ccccc1F. The van der Waals surface area contributed by atoms with Crippen LogP contribution >= 0.6 is 0 Å². The molecule has 0 aliphatic carbocycles. The Morgan fingerprint density at radius 3 is 2.22 bits per heavy atom. The first-order valence-corrected chi connectivity index (χ1v) is 10.3. The molecule has 0 saturated carbocycles. The van der Waals surface area contributed by atoms with Crippen molar-refractivity contribution in [3.05, 3.63) is 123 Å². The van der Waals surface area contributed by atoms with E-state index in [2.05, 4.69) is 5.10 Å². The smallest absolute Gasteiger partial charge is 0.275 e. The molecule has 1 heterocycles. The van der Waals surface area contributed by atoms with Crippen molar-refractivity contribution in [3.8, 4) is 11.1 Å². The number of rotatable bonds is 6. The summed E-state index contributed by atoms with van der Waals surface area (Å²) >= 11 is 0. The molecule has 0 amide bonds. The van der Waals surface area contributed by atoms with Crippen LogP contribution in [0.15, 0.2) is 83.7 Å². The number of aromatic nitrogens is 2. The predicted octanol–water partition coefficient (Wildman–Crippen LogP) is 4.79. The molecule has 0 saturated heterocycles. The van der Waals surface area contributed by atoms with Gasteiger partial charge in [-0.05, 0) is 35.7 Å². The topological polar surface area (TPSA) is 60.9 Å². The van der Waals surface area contributed by atoms with E-state index in [1.54, 1.807) is 43.3 Å². The van der Waals surface area contributed by atoms with Gasteiger partial charge < -0.3 is 5.73 Å². The maximum atomic E-state index is 14.7. The second kappa shape index (κ2) is 9.24. The van der Waals surface area contributed by atoms with Crippen LogP contribution < -0.4 is 11.3 Å². The van der Waals surface area contributed by atoms with E-state index in [9.17, 15) is 13.6 Å². The highest BCUT2D eigenvalue weighted by Crippen LogP contribution is 2.26.